The van der Waals surface area contributed by atoms with Crippen LogP contribution in [0, 0.1) is 0 Å². The van der Waals surface area contributed by atoms with Gasteiger partial charge in [0.1, 0.15) is 0 Å². The van der Waals surface area contributed by atoms with Crippen LogP contribution in [-0.2, 0) is 16.6 Å². The lowest BCUT2D eigenvalue weighted by Gasteiger charge is -2.32. The number of carbonyl (C=O) groups is 1. The Morgan fingerprint density at radius 3 is 2.65 bits per heavy atom. The number of nitrogens with zero attached hydrogens (tertiary/aromatic N) is 6. The molecule has 1 saturated heterocycles. The number of hydrogen-bond acceptors (Lipinski definition) is 11. The first-order chi connectivity index (χ1) is 16.3. The zero-order chi connectivity index (χ0) is 24.3. The highest BCUT2D eigenvalue weighted by Gasteiger charge is 2.25. The van der Waals surface area contributed by atoms with E-state index in [4.69, 9.17) is 15.0 Å². The summed E-state index contributed by atoms with van der Waals surface area (Å²) in [5.74, 6) is 0.445. The average Bonchev–Trinajstić information content (AvgIpc) is 3.27. The molecule has 0 saturated carbocycles. The van der Waals surface area contributed by atoms with Gasteiger partial charge in [-0.05, 0) is 18.2 Å². The van der Waals surface area contributed by atoms with Crippen molar-refractivity contribution < 1.29 is 22.5 Å². The number of benzene rings is 1. The molecule has 1 aliphatic rings. The van der Waals surface area contributed by atoms with E-state index in [2.05, 4.69) is 30.6 Å². The molecule has 0 atom stereocenters. The van der Waals surface area contributed by atoms with Crippen LogP contribution in [0.15, 0.2) is 35.0 Å². The number of amides is 1. The van der Waals surface area contributed by atoms with Gasteiger partial charge < -0.3 is 20.3 Å². The molecule has 13 nitrogen and oxygen atoms in total. The van der Waals surface area contributed by atoms with Gasteiger partial charge in [0.25, 0.3) is 5.91 Å². The fourth-order valence-corrected chi connectivity index (χ4v) is 4.46. The Balaban J connectivity index is 1.52. The first kappa shape index (κ1) is 23.5. The van der Waals surface area contributed by atoms with Crippen molar-refractivity contribution in [1.29, 1.82) is 0 Å². The smallest absolute Gasteiger partial charge is 0.271 e. The van der Waals surface area contributed by atoms with Gasteiger partial charge >= 0.3 is 0 Å². The van der Waals surface area contributed by atoms with Crippen LogP contribution >= 0.6 is 0 Å². The molecular weight excluding hydrogens is 464 g/mol. The van der Waals surface area contributed by atoms with Crippen molar-refractivity contribution in [3.63, 3.8) is 0 Å². The third-order valence-corrected chi connectivity index (χ3v) is 6.61. The quantitative estimate of drug-likeness (QED) is 0.451. The van der Waals surface area contributed by atoms with Crippen LogP contribution in [0.25, 0.3) is 11.4 Å². The highest BCUT2D eigenvalue weighted by atomic mass is 32.2. The Morgan fingerprint density at radius 2 is 1.97 bits per heavy atom. The summed E-state index contributed by atoms with van der Waals surface area (Å²) in [6.07, 6.45) is 2.65. The van der Waals surface area contributed by atoms with Crippen molar-refractivity contribution >= 4 is 27.3 Å². The third kappa shape index (κ3) is 5.13. The van der Waals surface area contributed by atoms with Crippen molar-refractivity contribution in [3.8, 4) is 17.1 Å². The number of anilines is 2. The molecule has 34 heavy (non-hydrogen) atoms. The van der Waals surface area contributed by atoms with Gasteiger partial charge in [-0.15, -0.1) is 5.10 Å². The van der Waals surface area contributed by atoms with Crippen molar-refractivity contribution in [2.45, 2.75) is 6.54 Å². The predicted octanol–water partition coefficient (Wildman–Crippen LogP) is 0.455. The fourth-order valence-electron chi connectivity index (χ4n) is 3.63. The van der Waals surface area contributed by atoms with Gasteiger partial charge in [-0.1, -0.05) is 11.2 Å². The lowest BCUT2D eigenvalue weighted by atomic mass is 10.1. The van der Waals surface area contributed by atoms with Gasteiger partial charge in [0.05, 0.1) is 43.0 Å². The van der Waals surface area contributed by atoms with Crippen LogP contribution in [0.3, 0.4) is 0 Å². The topological polar surface area (TPSA) is 170 Å². The van der Waals surface area contributed by atoms with E-state index in [-0.39, 0.29) is 5.69 Å². The lowest BCUT2D eigenvalue weighted by Crippen LogP contribution is -2.47. The van der Waals surface area contributed by atoms with Gasteiger partial charge in [0, 0.05) is 26.2 Å². The second-order valence-electron chi connectivity index (χ2n) is 7.62. The van der Waals surface area contributed by atoms with E-state index in [1.165, 1.54) is 23.9 Å². The maximum atomic E-state index is 11.7. The number of ether oxygens (including phenoxy) is 1. The minimum Gasteiger partial charge on any atom is -0.494 e. The molecule has 0 unspecified atom stereocenters. The summed E-state index contributed by atoms with van der Waals surface area (Å²) in [5.41, 5.74) is 6.87. The number of piperazine rings is 1. The van der Waals surface area contributed by atoms with E-state index in [0.717, 1.165) is 0 Å². The first-order valence-corrected chi connectivity index (χ1v) is 12.2. The molecule has 0 radical (unpaired) electrons. The predicted molar refractivity (Wildman–Crippen MR) is 122 cm³/mol. The monoisotopic (exact) mass is 488 g/mol. The molecule has 1 amide bonds. The molecule has 1 fully saturated rings. The summed E-state index contributed by atoms with van der Waals surface area (Å²) in [4.78, 5) is 18.2. The number of aromatic nitrogens is 4. The molecule has 3 heterocycles. The number of hydrogen-bond donors (Lipinski definition) is 2. The van der Waals surface area contributed by atoms with Crippen molar-refractivity contribution in [2.75, 3.05) is 44.9 Å². The summed E-state index contributed by atoms with van der Waals surface area (Å²) >= 11 is 0. The first-order valence-electron chi connectivity index (χ1n) is 10.3. The molecular formula is C20H24N8O5S. The number of carbonyl (C=O) groups excluding carboxylic acids is 1. The van der Waals surface area contributed by atoms with Crippen LogP contribution in [0.5, 0.6) is 5.75 Å². The van der Waals surface area contributed by atoms with E-state index < -0.39 is 15.9 Å². The van der Waals surface area contributed by atoms with E-state index >= 15 is 0 Å². The number of nitrogens with two attached hydrogens (primary N) is 1. The van der Waals surface area contributed by atoms with Crippen LogP contribution in [-0.4, -0.2) is 83.4 Å². The highest BCUT2D eigenvalue weighted by molar-refractivity contribution is 7.88. The zero-order valence-corrected chi connectivity index (χ0v) is 19.4. The van der Waals surface area contributed by atoms with Crippen molar-refractivity contribution in [1.82, 2.24) is 29.5 Å². The minimum absolute atomic E-state index is 0.00669. The van der Waals surface area contributed by atoms with Crippen LogP contribution in [0.2, 0.25) is 0 Å². The molecule has 14 heteroatoms. The molecule has 1 aromatic carbocycles. The molecule has 1 aliphatic heterocycles. The largest absolute Gasteiger partial charge is 0.494 e. The van der Waals surface area contributed by atoms with Crippen LogP contribution in [0.1, 0.15) is 16.4 Å². The van der Waals surface area contributed by atoms with E-state index in [9.17, 15) is 13.2 Å². The number of nitrogens with one attached hydrogen (secondary N) is 1. The molecule has 0 bridgehead atoms. The van der Waals surface area contributed by atoms with Gasteiger partial charge in [-0.25, -0.2) is 8.42 Å². The molecule has 180 valence electrons. The number of primary amides is 1. The molecule has 4 rings (SSSR count). The number of sulfonamides is 1. The van der Waals surface area contributed by atoms with E-state index in [0.29, 0.717) is 67.1 Å². The highest BCUT2D eigenvalue weighted by Crippen LogP contribution is 2.37. The number of rotatable bonds is 8. The standard InChI is InChI=1S/C20H24N8O5S/c1-32-18-13(4-3-5-15(18)23-14-6-7-22-25-17(14)19(21)29)20-24-16(33-26-20)12-27-8-10-28(11-9-27)34(2,30)31/h3-7H,8-12H2,1-2H3,(H2,21,29)(H,22,23). The van der Waals surface area contributed by atoms with Gasteiger partial charge in [0.15, 0.2) is 11.4 Å². The summed E-state index contributed by atoms with van der Waals surface area (Å²) < 4.78 is 35.9. The average molecular weight is 489 g/mol. The SMILES string of the molecule is COc1c(Nc2ccnnc2C(N)=O)cccc1-c1noc(CN2CCN(S(C)(=O)=O)CC2)n1. The Bertz CT molecular complexity index is 1290. The van der Waals surface area contributed by atoms with E-state index in [1.807, 2.05) is 0 Å². The second kappa shape index (κ2) is 9.70. The summed E-state index contributed by atoms with van der Waals surface area (Å²) in [7, 11) is -1.69. The Kier molecular flexibility index (Phi) is 6.72. The van der Waals surface area contributed by atoms with E-state index in [1.54, 1.807) is 24.3 Å². The maximum absolute atomic E-state index is 11.7. The van der Waals surface area contributed by atoms with Crippen molar-refractivity contribution in [2.24, 2.45) is 5.73 Å². The summed E-state index contributed by atoms with van der Waals surface area (Å²) in [6.45, 7) is 2.36. The van der Waals surface area contributed by atoms with Gasteiger partial charge in [-0.2, -0.15) is 14.4 Å². The molecule has 3 N–H and O–H groups in total. The summed E-state index contributed by atoms with van der Waals surface area (Å²) in [5, 5.41) is 14.7. The van der Waals surface area contributed by atoms with Gasteiger partial charge in [-0.3, -0.25) is 9.69 Å². The summed E-state index contributed by atoms with van der Waals surface area (Å²) in [6, 6.07) is 6.90. The fraction of sp³-hybridized carbons (Fsp3) is 0.350. The normalized spacial score (nSPS) is 15.2. The molecule has 0 aliphatic carbocycles. The van der Waals surface area contributed by atoms with Crippen LogP contribution < -0.4 is 15.8 Å². The second-order valence-corrected chi connectivity index (χ2v) is 9.60. The maximum Gasteiger partial charge on any atom is 0.271 e. The van der Waals surface area contributed by atoms with Crippen molar-refractivity contribution in [3.05, 3.63) is 42.0 Å². The van der Waals surface area contributed by atoms with Crippen LogP contribution in [0.4, 0.5) is 11.4 Å². The molecule has 2 aromatic heterocycles. The number of para-hydroxylation sites is 1. The minimum atomic E-state index is -3.19. The number of methoxy groups -OCH3 is 1. The lowest BCUT2D eigenvalue weighted by molar-refractivity contribution is 0.0995. The van der Waals surface area contributed by atoms with Gasteiger partial charge in [0.2, 0.25) is 21.7 Å². The Morgan fingerprint density at radius 1 is 1.21 bits per heavy atom. The Labute approximate surface area is 195 Å². The zero-order valence-electron chi connectivity index (χ0n) is 18.6. The molecule has 3 aromatic rings. The Hall–Kier alpha value is -3.62. The molecule has 0 spiro atoms. The third-order valence-electron chi connectivity index (χ3n) is 5.31.